The van der Waals surface area contributed by atoms with Crippen LogP contribution in [0.1, 0.15) is 5.56 Å². The van der Waals surface area contributed by atoms with Gasteiger partial charge in [-0.2, -0.15) is 4.39 Å². The standard InChI is InChI=1S/C10H13FN2O6S/c1-7-5-8(6-9(10(7)11)13(14)15)20(16,17)12-19-4-3-18-2/h5-6,12H,3-4H2,1-2H3. The van der Waals surface area contributed by atoms with Crippen LogP contribution in [0.3, 0.4) is 0 Å². The maximum atomic E-state index is 13.5. The van der Waals surface area contributed by atoms with Gasteiger partial charge in [0.05, 0.1) is 23.0 Å². The number of sulfonamides is 1. The van der Waals surface area contributed by atoms with Gasteiger partial charge >= 0.3 is 5.69 Å². The summed E-state index contributed by atoms with van der Waals surface area (Å²) in [7, 11) is -2.73. The van der Waals surface area contributed by atoms with Crippen molar-refractivity contribution in [2.75, 3.05) is 20.3 Å². The summed E-state index contributed by atoms with van der Waals surface area (Å²) in [6.45, 7) is 1.34. The van der Waals surface area contributed by atoms with Crippen LogP contribution < -0.4 is 4.89 Å². The number of aryl methyl sites for hydroxylation is 1. The molecule has 0 saturated heterocycles. The number of rotatable bonds is 7. The van der Waals surface area contributed by atoms with Crippen molar-refractivity contribution in [2.24, 2.45) is 0 Å². The molecule has 0 aliphatic rings. The van der Waals surface area contributed by atoms with E-state index in [0.717, 1.165) is 6.07 Å². The van der Waals surface area contributed by atoms with Crippen LogP contribution in [0.4, 0.5) is 10.1 Å². The average molecular weight is 308 g/mol. The Balaban J connectivity index is 3.04. The summed E-state index contributed by atoms with van der Waals surface area (Å²) < 4.78 is 41.7. The lowest BCUT2D eigenvalue weighted by atomic mass is 10.2. The quantitative estimate of drug-likeness (QED) is 0.455. The summed E-state index contributed by atoms with van der Waals surface area (Å²) in [5, 5.41) is 10.7. The zero-order chi connectivity index (χ0) is 15.3. The number of hydrogen-bond donors (Lipinski definition) is 1. The first-order chi connectivity index (χ1) is 9.29. The summed E-state index contributed by atoms with van der Waals surface area (Å²) in [5.41, 5.74) is -1.07. The smallest absolute Gasteiger partial charge is 0.306 e. The van der Waals surface area contributed by atoms with E-state index in [1.54, 1.807) is 4.89 Å². The molecule has 20 heavy (non-hydrogen) atoms. The molecule has 0 aliphatic carbocycles. The van der Waals surface area contributed by atoms with Crippen molar-refractivity contribution in [3.63, 3.8) is 0 Å². The normalized spacial score (nSPS) is 11.6. The van der Waals surface area contributed by atoms with Crippen molar-refractivity contribution in [2.45, 2.75) is 11.8 Å². The Morgan fingerprint density at radius 1 is 1.40 bits per heavy atom. The number of halogens is 1. The Labute approximate surface area is 114 Å². The van der Waals surface area contributed by atoms with Gasteiger partial charge in [0.1, 0.15) is 0 Å². The van der Waals surface area contributed by atoms with Crippen LogP contribution in [0.25, 0.3) is 0 Å². The van der Waals surface area contributed by atoms with Crippen molar-refractivity contribution in [3.05, 3.63) is 33.6 Å². The minimum atomic E-state index is -4.13. The molecule has 0 aliphatic heterocycles. The molecule has 1 aromatic carbocycles. The lowest BCUT2D eigenvalue weighted by molar-refractivity contribution is -0.387. The van der Waals surface area contributed by atoms with Gasteiger partial charge in [-0.1, -0.05) is 4.89 Å². The van der Waals surface area contributed by atoms with E-state index in [4.69, 9.17) is 0 Å². The van der Waals surface area contributed by atoms with Gasteiger partial charge in [-0.05, 0) is 18.6 Å². The molecule has 0 spiro atoms. The maximum absolute atomic E-state index is 13.5. The van der Waals surface area contributed by atoms with Crippen LogP contribution >= 0.6 is 0 Å². The van der Waals surface area contributed by atoms with E-state index in [-0.39, 0.29) is 18.8 Å². The Hall–Kier alpha value is -1.62. The number of nitro groups is 1. The van der Waals surface area contributed by atoms with E-state index >= 15 is 0 Å². The van der Waals surface area contributed by atoms with Crippen LogP contribution in [0, 0.1) is 22.9 Å². The first kappa shape index (κ1) is 16.4. The van der Waals surface area contributed by atoms with Gasteiger partial charge in [-0.15, -0.1) is 0 Å². The second kappa shape index (κ2) is 6.70. The van der Waals surface area contributed by atoms with E-state index in [1.807, 2.05) is 0 Å². The first-order valence-electron chi connectivity index (χ1n) is 5.36. The summed E-state index contributed by atoms with van der Waals surface area (Å²) in [6, 6.07) is 1.61. The van der Waals surface area contributed by atoms with Crippen molar-refractivity contribution in [3.8, 4) is 0 Å². The van der Waals surface area contributed by atoms with E-state index in [2.05, 4.69) is 9.57 Å². The summed E-state index contributed by atoms with van der Waals surface area (Å²) in [4.78, 5) is 15.6. The molecule has 8 nitrogen and oxygen atoms in total. The highest BCUT2D eigenvalue weighted by atomic mass is 32.2. The van der Waals surface area contributed by atoms with Crippen LogP contribution in [0.15, 0.2) is 17.0 Å². The van der Waals surface area contributed by atoms with Crippen molar-refractivity contribution < 1.29 is 27.3 Å². The van der Waals surface area contributed by atoms with E-state index < -0.39 is 31.3 Å². The molecule has 112 valence electrons. The summed E-state index contributed by atoms with van der Waals surface area (Å²) in [5.74, 6) is -1.07. The lowest BCUT2D eigenvalue weighted by Crippen LogP contribution is -2.26. The first-order valence-corrected chi connectivity index (χ1v) is 6.85. The Kier molecular flexibility index (Phi) is 5.51. The summed E-state index contributed by atoms with van der Waals surface area (Å²) in [6.07, 6.45) is 0. The fourth-order valence-electron chi connectivity index (χ4n) is 1.30. The lowest BCUT2D eigenvalue weighted by Gasteiger charge is -2.08. The molecule has 1 aromatic rings. The van der Waals surface area contributed by atoms with Crippen LogP contribution in [-0.4, -0.2) is 33.7 Å². The molecule has 0 unspecified atom stereocenters. The maximum Gasteiger partial charge on any atom is 0.306 e. The molecule has 10 heteroatoms. The van der Waals surface area contributed by atoms with E-state index in [9.17, 15) is 22.9 Å². The minimum Gasteiger partial charge on any atom is -0.382 e. The van der Waals surface area contributed by atoms with Gasteiger partial charge < -0.3 is 4.74 Å². The van der Waals surface area contributed by atoms with Crippen LogP contribution in [0.5, 0.6) is 0 Å². The second-order valence-electron chi connectivity index (χ2n) is 3.76. The molecule has 0 saturated carbocycles. The number of benzene rings is 1. The molecule has 1 rings (SSSR count). The van der Waals surface area contributed by atoms with Crippen molar-refractivity contribution in [1.82, 2.24) is 4.89 Å². The molecule has 0 atom stereocenters. The number of methoxy groups -OCH3 is 1. The van der Waals surface area contributed by atoms with Crippen LogP contribution in [0.2, 0.25) is 0 Å². The highest BCUT2D eigenvalue weighted by Gasteiger charge is 2.24. The van der Waals surface area contributed by atoms with E-state index in [1.165, 1.54) is 14.0 Å². The van der Waals surface area contributed by atoms with Gasteiger partial charge in [0, 0.05) is 13.2 Å². The predicted molar refractivity (Wildman–Crippen MR) is 65.9 cm³/mol. The van der Waals surface area contributed by atoms with Gasteiger partial charge in [0.25, 0.3) is 10.0 Å². The fourth-order valence-corrected chi connectivity index (χ4v) is 2.23. The van der Waals surface area contributed by atoms with Gasteiger partial charge in [-0.3, -0.25) is 15.0 Å². The molecule has 0 amide bonds. The molecular weight excluding hydrogens is 295 g/mol. The molecule has 1 N–H and O–H groups in total. The second-order valence-corrected chi connectivity index (χ2v) is 5.40. The third-order valence-electron chi connectivity index (χ3n) is 2.27. The number of nitrogens with one attached hydrogen (secondary N) is 1. The highest BCUT2D eigenvalue weighted by molar-refractivity contribution is 7.89. The van der Waals surface area contributed by atoms with E-state index in [0.29, 0.717) is 6.07 Å². The minimum absolute atomic E-state index is 0.0437. The molecular formula is C10H13FN2O6S. The van der Waals surface area contributed by atoms with Crippen molar-refractivity contribution >= 4 is 15.7 Å². The Morgan fingerprint density at radius 2 is 2.05 bits per heavy atom. The molecule has 0 aromatic heterocycles. The van der Waals surface area contributed by atoms with Gasteiger partial charge in [0.2, 0.25) is 5.82 Å². The molecule has 0 fully saturated rings. The number of nitrogens with zero attached hydrogens (tertiary/aromatic N) is 1. The third kappa shape index (κ3) is 3.93. The number of nitro benzene ring substituents is 1. The molecule has 0 heterocycles. The fraction of sp³-hybridized carbons (Fsp3) is 0.400. The monoisotopic (exact) mass is 308 g/mol. The zero-order valence-electron chi connectivity index (χ0n) is 10.8. The highest BCUT2D eigenvalue weighted by Crippen LogP contribution is 2.24. The van der Waals surface area contributed by atoms with Gasteiger partial charge in [0.15, 0.2) is 0 Å². The molecule has 0 bridgehead atoms. The summed E-state index contributed by atoms with van der Waals surface area (Å²) >= 11 is 0. The number of ether oxygens (including phenoxy) is 1. The Morgan fingerprint density at radius 3 is 2.60 bits per heavy atom. The Bertz CT molecular complexity index is 604. The molecule has 0 radical (unpaired) electrons. The SMILES string of the molecule is COCCONS(=O)(=O)c1cc(C)c(F)c([N+](=O)[O-])c1. The van der Waals surface area contributed by atoms with Gasteiger partial charge in [-0.25, -0.2) is 8.42 Å². The van der Waals surface area contributed by atoms with Crippen molar-refractivity contribution in [1.29, 1.82) is 0 Å². The number of hydrogen-bond acceptors (Lipinski definition) is 6. The predicted octanol–water partition coefficient (Wildman–Crippen LogP) is 0.899. The zero-order valence-corrected chi connectivity index (χ0v) is 11.6. The topological polar surface area (TPSA) is 108 Å². The largest absolute Gasteiger partial charge is 0.382 e. The average Bonchev–Trinajstić information content (AvgIpc) is 2.37. The van der Waals surface area contributed by atoms with Crippen LogP contribution in [-0.2, 0) is 19.6 Å². The third-order valence-corrected chi connectivity index (χ3v) is 3.47.